The molecular formula is C24H21F5N4O2. The van der Waals surface area contributed by atoms with Crippen molar-refractivity contribution >= 4 is 5.91 Å². The Morgan fingerprint density at radius 1 is 1.09 bits per heavy atom. The lowest BCUT2D eigenvalue weighted by molar-refractivity contribution is -0.137. The molecule has 0 aliphatic carbocycles. The average molecular weight is 492 g/mol. The van der Waals surface area contributed by atoms with E-state index in [2.05, 4.69) is 15.0 Å². The summed E-state index contributed by atoms with van der Waals surface area (Å²) in [5, 5.41) is 0. The van der Waals surface area contributed by atoms with Gasteiger partial charge in [-0.1, -0.05) is 6.92 Å². The van der Waals surface area contributed by atoms with Crippen molar-refractivity contribution < 1.29 is 31.5 Å². The maximum atomic E-state index is 14.9. The monoisotopic (exact) mass is 492 g/mol. The predicted octanol–water partition coefficient (Wildman–Crippen LogP) is 5.16. The Labute approximate surface area is 197 Å². The second-order valence-corrected chi connectivity index (χ2v) is 8.23. The first-order valence-corrected chi connectivity index (χ1v) is 10.9. The number of nitrogens with zero attached hydrogens (tertiary/aromatic N) is 4. The highest BCUT2D eigenvalue weighted by Crippen LogP contribution is 2.32. The highest BCUT2D eigenvalue weighted by Gasteiger charge is 2.36. The summed E-state index contributed by atoms with van der Waals surface area (Å²) in [6.07, 6.45) is 0.239. The number of amides is 1. The molecule has 0 saturated carbocycles. The number of likely N-dealkylation sites (tertiary alicyclic amines) is 1. The minimum Gasteiger partial charge on any atom is -0.475 e. The van der Waals surface area contributed by atoms with Crippen LogP contribution in [0.4, 0.5) is 22.0 Å². The zero-order valence-corrected chi connectivity index (χ0v) is 18.6. The molecule has 0 spiro atoms. The molecule has 35 heavy (non-hydrogen) atoms. The standard InChI is InChI=1S/C24H21F5N4O2/c1-14-4-2-11-33(18(14)13-35-19-8-5-15(12-32-19)24(27,28)29)23(34)21-17(26)7-6-16(25)20(21)22-30-9-3-10-31-22/h3,5-10,12,14,18H,2,4,11,13H2,1H3/t14-,18-/m1/s1. The molecule has 0 N–H and O–H groups in total. The molecule has 1 fully saturated rings. The summed E-state index contributed by atoms with van der Waals surface area (Å²) in [4.78, 5) is 26.6. The molecule has 0 unspecified atom stereocenters. The Balaban J connectivity index is 1.61. The molecule has 3 aromatic rings. The van der Waals surface area contributed by atoms with E-state index in [1.165, 1.54) is 23.4 Å². The third-order valence-corrected chi connectivity index (χ3v) is 5.95. The first-order valence-electron chi connectivity index (χ1n) is 10.9. The average Bonchev–Trinajstić information content (AvgIpc) is 2.84. The maximum absolute atomic E-state index is 14.9. The summed E-state index contributed by atoms with van der Waals surface area (Å²) in [5.41, 5.74) is -1.73. The third kappa shape index (κ3) is 5.23. The molecular weight excluding hydrogens is 471 g/mol. The molecule has 3 heterocycles. The summed E-state index contributed by atoms with van der Waals surface area (Å²) in [6.45, 7) is 2.07. The Hall–Kier alpha value is -3.63. The van der Waals surface area contributed by atoms with Crippen molar-refractivity contribution in [3.63, 3.8) is 0 Å². The lowest BCUT2D eigenvalue weighted by atomic mass is 9.90. The largest absolute Gasteiger partial charge is 0.475 e. The molecule has 0 bridgehead atoms. The number of carbonyl (C=O) groups is 1. The Kier molecular flexibility index (Phi) is 6.95. The van der Waals surface area contributed by atoms with Crippen molar-refractivity contribution in [2.24, 2.45) is 5.92 Å². The molecule has 1 aliphatic rings. The van der Waals surface area contributed by atoms with Gasteiger partial charge in [0.1, 0.15) is 18.2 Å². The van der Waals surface area contributed by atoms with Gasteiger partial charge >= 0.3 is 6.18 Å². The van der Waals surface area contributed by atoms with Crippen LogP contribution in [0.5, 0.6) is 5.88 Å². The van der Waals surface area contributed by atoms with Gasteiger partial charge in [-0.05, 0) is 43.0 Å². The molecule has 184 valence electrons. The molecule has 2 atom stereocenters. The SMILES string of the molecule is C[C@@H]1CCCN(C(=O)c2c(F)ccc(F)c2-c2ncccn2)[C@@H]1COc1ccc(C(F)(F)F)cn1. The third-order valence-electron chi connectivity index (χ3n) is 5.95. The molecule has 2 aromatic heterocycles. The van der Waals surface area contributed by atoms with E-state index >= 15 is 0 Å². The normalized spacial score (nSPS) is 18.4. The summed E-state index contributed by atoms with van der Waals surface area (Å²) in [5.74, 6) is -2.74. The predicted molar refractivity (Wildman–Crippen MR) is 115 cm³/mol. The van der Waals surface area contributed by atoms with Crippen LogP contribution in [0.25, 0.3) is 11.4 Å². The fraction of sp³-hybridized carbons (Fsp3) is 0.333. The first kappa shape index (κ1) is 24.5. The van der Waals surface area contributed by atoms with E-state index in [0.29, 0.717) is 12.6 Å². The number of hydrogen-bond acceptors (Lipinski definition) is 5. The zero-order chi connectivity index (χ0) is 25.2. The molecule has 4 rings (SSSR count). The first-order chi connectivity index (χ1) is 16.7. The summed E-state index contributed by atoms with van der Waals surface area (Å²) >= 11 is 0. The van der Waals surface area contributed by atoms with Crippen molar-refractivity contribution in [1.82, 2.24) is 19.9 Å². The number of rotatable bonds is 5. The van der Waals surface area contributed by atoms with Crippen molar-refractivity contribution in [3.8, 4) is 17.3 Å². The fourth-order valence-corrected chi connectivity index (χ4v) is 4.11. The van der Waals surface area contributed by atoms with Crippen LogP contribution in [0, 0.1) is 17.6 Å². The van der Waals surface area contributed by atoms with Crippen LogP contribution in [-0.2, 0) is 6.18 Å². The number of piperidine rings is 1. The highest BCUT2D eigenvalue weighted by molar-refractivity contribution is 6.00. The molecule has 6 nitrogen and oxygen atoms in total. The minimum atomic E-state index is -4.53. The van der Waals surface area contributed by atoms with Gasteiger partial charge in [-0.2, -0.15) is 13.2 Å². The van der Waals surface area contributed by atoms with Gasteiger partial charge < -0.3 is 9.64 Å². The number of aromatic nitrogens is 3. The lowest BCUT2D eigenvalue weighted by Gasteiger charge is -2.40. The van der Waals surface area contributed by atoms with Crippen LogP contribution in [0.2, 0.25) is 0 Å². The number of carbonyl (C=O) groups excluding carboxylic acids is 1. The van der Waals surface area contributed by atoms with Crippen LogP contribution in [0.3, 0.4) is 0 Å². The van der Waals surface area contributed by atoms with Crippen molar-refractivity contribution in [2.45, 2.75) is 32.0 Å². The smallest absolute Gasteiger partial charge is 0.417 e. The van der Waals surface area contributed by atoms with E-state index in [4.69, 9.17) is 4.74 Å². The number of benzene rings is 1. The topological polar surface area (TPSA) is 68.2 Å². The van der Waals surface area contributed by atoms with Gasteiger partial charge in [-0.3, -0.25) is 4.79 Å². The van der Waals surface area contributed by atoms with Crippen molar-refractivity contribution in [3.05, 3.63) is 71.7 Å². The van der Waals surface area contributed by atoms with Gasteiger partial charge in [-0.15, -0.1) is 0 Å². The summed E-state index contributed by atoms with van der Waals surface area (Å²) < 4.78 is 73.6. The van der Waals surface area contributed by atoms with E-state index in [9.17, 15) is 26.7 Å². The molecule has 0 radical (unpaired) electrons. The zero-order valence-electron chi connectivity index (χ0n) is 18.6. The summed E-state index contributed by atoms with van der Waals surface area (Å²) in [6, 6.07) is 4.70. The number of pyridine rings is 1. The van der Waals surface area contributed by atoms with Gasteiger partial charge in [-0.25, -0.2) is 23.7 Å². The van der Waals surface area contributed by atoms with Crippen LogP contribution in [0.15, 0.2) is 48.9 Å². The second kappa shape index (κ2) is 9.93. The molecule has 1 saturated heterocycles. The Bertz CT molecular complexity index is 1190. The van der Waals surface area contributed by atoms with E-state index < -0.39 is 40.9 Å². The highest BCUT2D eigenvalue weighted by atomic mass is 19.4. The van der Waals surface area contributed by atoms with Crippen LogP contribution >= 0.6 is 0 Å². The molecule has 11 heteroatoms. The Morgan fingerprint density at radius 3 is 2.46 bits per heavy atom. The van der Waals surface area contributed by atoms with E-state index in [0.717, 1.165) is 30.7 Å². The summed E-state index contributed by atoms with van der Waals surface area (Å²) in [7, 11) is 0. The quantitative estimate of drug-likeness (QED) is 0.461. The molecule has 1 aromatic carbocycles. The minimum absolute atomic E-state index is 0.0431. The van der Waals surface area contributed by atoms with Gasteiger partial charge in [0.05, 0.1) is 22.7 Å². The maximum Gasteiger partial charge on any atom is 0.417 e. The second-order valence-electron chi connectivity index (χ2n) is 8.23. The Morgan fingerprint density at radius 2 is 1.80 bits per heavy atom. The van der Waals surface area contributed by atoms with Crippen molar-refractivity contribution in [2.75, 3.05) is 13.2 Å². The molecule has 1 aliphatic heterocycles. The number of alkyl halides is 3. The van der Waals surface area contributed by atoms with E-state index in [-0.39, 0.29) is 36.3 Å². The molecule has 1 amide bonds. The van der Waals surface area contributed by atoms with E-state index in [1.807, 2.05) is 6.92 Å². The van der Waals surface area contributed by atoms with Gasteiger partial charge in [0.2, 0.25) is 5.88 Å². The van der Waals surface area contributed by atoms with Gasteiger partial charge in [0.15, 0.2) is 5.82 Å². The van der Waals surface area contributed by atoms with Crippen LogP contribution in [0.1, 0.15) is 35.7 Å². The van der Waals surface area contributed by atoms with Crippen LogP contribution < -0.4 is 4.74 Å². The number of hydrogen-bond donors (Lipinski definition) is 0. The lowest BCUT2D eigenvalue weighted by Crippen LogP contribution is -2.51. The van der Waals surface area contributed by atoms with Crippen molar-refractivity contribution in [1.29, 1.82) is 0 Å². The number of halogens is 5. The van der Waals surface area contributed by atoms with Crippen LogP contribution in [-0.4, -0.2) is 45.0 Å². The van der Waals surface area contributed by atoms with Gasteiger partial charge in [0, 0.05) is 31.2 Å². The van der Waals surface area contributed by atoms with Gasteiger partial charge in [0.25, 0.3) is 5.91 Å². The van der Waals surface area contributed by atoms with E-state index in [1.54, 1.807) is 0 Å². The number of ether oxygens (including phenoxy) is 1. The fourth-order valence-electron chi connectivity index (χ4n) is 4.11.